The lowest BCUT2D eigenvalue weighted by molar-refractivity contribution is -0.137. The fourth-order valence-electron chi connectivity index (χ4n) is 1.22. The van der Waals surface area contributed by atoms with E-state index >= 15 is 0 Å². The normalized spacial score (nSPS) is 11.6. The van der Waals surface area contributed by atoms with Gasteiger partial charge in [-0.3, -0.25) is 4.79 Å². The monoisotopic (exact) mass is 314 g/mol. The summed E-state index contributed by atoms with van der Waals surface area (Å²) >= 11 is 8.46. The van der Waals surface area contributed by atoms with Crippen molar-refractivity contribution in [2.24, 2.45) is 0 Å². The van der Waals surface area contributed by atoms with E-state index in [4.69, 9.17) is 11.6 Å². The molecule has 0 aliphatic rings. The Morgan fingerprint density at radius 2 is 2.00 bits per heavy atom. The van der Waals surface area contributed by atoms with Gasteiger partial charge < -0.3 is 0 Å². The maximum absolute atomic E-state index is 12.6. The molecule has 1 aromatic rings. The van der Waals surface area contributed by atoms with E-state index in [1.165, 1.54) is 0 Å². The lowest BCUT2D eigenvalue weighted by Gasteiger charge is -2.13. The van der Waals surface area contributed by atoms with Crippen LogP contribution in [0.3, 0.4) is 0 Å². The SMILES string of the molecule is Cc1cc(C(=O)CBr)c(C(F)(F)F)cc1Cl. The molecule has 16 heavy (non-hydrogen) atoms. The minimum Gasteiger partial charge on any atom is -0.293 e. The number of Topliss-reactive ketones (excluding diaryl/α,β-unsaturated/α-hetero) is 1. The average molecular weight is 316 g/mol. The minimum absolute atomic E-state index is 0.00144. The summed E-state index contributed by atoms with van der Waals surface area (Å²) in [6, 6.07) is 1.95. The molecule has 0 radical (unpaired) electrons. The molecular formula is C10H7BrClF3O. The molecule has 0 unspecified atom stereocenters. The molecule has 0 saturated heterocycles. The van der Waals surface area contributed by atoms with Gasteiger partial charge in [-0.25, -0.2) is 0 Å². The van der Waals surface area contributed by atoms with Crippen molar-refractivity contribution in [2.75, 3.05) is 5.33 Å². The zero-order chi connectivity index (χ0) is 12.5. The van der Waals surface area contributed by atoms with Gasteiger partial charge in [0.25, 0.3) is 0 Å². The molecule has 1 nitrogen and oxygen atoms in total. The molecular weight excluding hydrogens is 308 g/mol. The zero-order valence-corrected chi connectivity index (χ0v) is 10.5. The summed E-state index contributed by atoms with van der Waals surface area (Å²) in [4.78, 5) is 11.4. The van der Waals surface area contributed by atoms with E-state index in [1.54, 1.807) is 6.92 Å². The molecule has 1 aromatic carbocycles. The summed E-state index contributed by atoms with van der Waals surface area (Å²) in [6.07, 6.45) is -4.58. The second kappa shape index (κ2) is 4.75. The highest BCUT2D eigenvalue weighted by atomic mass is 79.9. The van der Waals surface area contributed by atoms with Gasteiger partial charge in [0, 0.05) is 10.6 Å². The van der Waals surface area contributed by atoms with Gasteiger partial charge in [0.15, 0.2) is 5.78 Å². The molecule has 0 bridgehead atoms. The first kappa shape index (κ1) is 13.5. The summed E-state index contributed by atoms with van der Waals surface area (Å²) in [5.41, 5.74) is -0.905. The fraction of sp³-hybridized carbons (Fsp3) is 0.300. The molecule has 0 saturated carbocycles. The van der Waals surface area contributed by atoms with E-state index in [0.29, 0.717) is 5.56 Å². The number of carbonyl (C=O) groups excluding carboxylic acids is 1. The summed E-state index contributed by atoms with van der Waals surface area (Å²) in [6.45, 7) is 1.55. The molecule has 88 valence electrons. The number of rotatable bonds is 2. The first-order valence-electron chi connectivity index (χ1n) is 4.24. The molecule has 1 rings (SSSR count). The smallest absolute Gasteiger partial charge is 0.293 e. The van der Waals surface area contributed by atoms with Crippen LogP contribution in [0.4, 0.5) is 13.2 Å². The Labute approximate surface area is 104 Å². The van der Waals surface area contributed by atoms with Crippen molar-refractivity contribution in [2.45, 2.75) is 13.1 Å². The number of ketones is 1. The van der Waals surface area contributed by atoms with Crippen LogP contribution < -0.4 is 0 Å². The minimum atomic E-state index is -4.58. The lowest BCUT2D eigenvalue weighted by atomic mass is 10.0. The van der Waals surface area contributed by atoms with Crippen molar-refractivity contribution in [3.8, 4) is 0 Å². The van der Waals surface area contributed by atoms with Crippen molar-refractivity contribution in [3.05, 3.63) is 33.8 Å². The van der Waals surface area contributed by atoms with Crippen LogP contribution in [-0.4, -0.2) is 11.1 Å². The molecule has 0 amide bonds. The number of benzene rings is 1. The van der Waals surface area contributed by atoms with E-state index < -0.39 is 17.5 Å². The molecule has 0 heterocycles. The number of hydrogen-bond donors (Lipinski definition) is 0. The Balaban J connectivity index is 3.45. The number of aryl methyl sites for hydroxylation is 1. The third-order valence-corrected chi connectivity index (χ3v) is 2.94. The van der Waals surface area contributed by atoms with Crippen molar-refractivity contribution >= 4 is 33.3 Å². The first-order chi connectivity index (χ1) is 7.27. The Kier molecular flexibility index (Phi) is 4.02. The van der Waals surface area contributed by atoms with Gasteiger partial charge in [0.2, 0.25) is 0 Å². The predicted octanol–water partition coefficient (Wildman–Crippen LogP) is 4.24. The van der Waals surface area contributed by atoms with Crippen molar-refractivity contribution in [1.29, 1.82) is 0 Å². The third kappa shape index (κ3) is 2.77. The summed E-state index contributed by atoms with van der Waals surface area (Å²) in [5.74, 6) is -0.618. The van der Waals surface area contributed by atoms with Crippen LogP contribution in [0.5, 0.6) is 0 Å². The Morgan fingerprint density at radius 3 is 2.44 bits per heavy atom. The number of alkyl halides is 4. The molecule has 0 aromatic heterocycles. The maximum Gasteiger partial charge on any atom is 0.417 e. The van der Waals surface area contributed by atoms with Crippen LogP contribution in [0.15, 0.2) is 12.1 Å². The van der Waals surface area contributed by atoms with Gasteiger partial charge in [-0.1, -0.05) is 27.5 Å². The summed E-state index contributed by atoms with van der Waals surface area (Å²) < 4.78 is 37.9. The van der Waals surface area contributed by atoms with Crippen LogP contribution in [0.25, 0.3) is 0 Å². The highest BCUT2D eigenvalue weighted by Gasteiger charge is 2.35. The van der Waals surface area contributed by atoms with E-state index in [1.807, 2.05) is 0 Å². The fourth-order valence-corrected chi connectivity index (χ4v) is 1.68. The van der Waals surface area contributed by atoms with Crippen LogP contribution in [0.2, 0.25) is 5.02 Å². The predicted molar refractivity (Wildman–Crippen MR) is 59.3 cm³/mol. The van der Waals surface area contributed by atoms with E-state index in [-0.39, 0.29) is 15.9 Å². The van der Waals surface area contributed by atoms with E-state index in [0.717, 1.165) is 12.1 Å². The third-order valence-electron chi connectivity index (χ3n) is 2.03. The molecule has 0 spiro atoms. The first-order valence-corrected chi connectivity index (χ1v) is 5.74. The molecule has 6 heteroatoms. The Morgan fingerprint density at radius 1 is 1.44 bits per heavy atom. The van der Waals surface area contributed by atoms with Crippen molar-refractivity contribution in [3.63, 3.8) is 0 Å². The second-order valence-electron chi connectivity index (χ2n) is 3.20. The molecule has 0 N–H and O–H groups in total. The topological polar surface area (TPSA) is 17.1 Å². The molecule has 0 aliphatic heterocycles. The molecule has 0 atom stereocenters. The molecule has 0 aliphatic carbocycles. The number of halogens is 5. The van der Waals surface area contributed by atoms with Crippen LogP contribution in [-0.2, 0) is 6.18 Å². The van der Waals surface area contributed by atoms with Crippen LogP contribution in [0, 0.1) is 6.92 Å². The average Bonchev–Trinajstić information content (AvgIpc) is 2.18. The van der Waals surface area contributed by atoms with E-state index in [9.17, 15) is 18.0 Å². The van der Waals surface area contributed by atoms with Gasteiger partial charge in [-0.2, -0.15) is 13.2 Å². The van der Waals surface area contributed by atoms with Crippen LogP contribution >= 0.6 is 27.5 Å². The lowest BCUT2D eigenvalue weighted by Crippen LogP contribution is -2.14. The van der Waals surface area contributed by atoms with Crippen LogP contribution in [0.1, 0.15) is 21.5 Å². The van der Waals surface area contributed by atoms with Gasteiger partial charge >= 0.3 is 6.18 Å². The summed E-state index contributed by atoms with van der Waals surface area (Å²) in [7, 11) is 0. The zero-order valence-electron chi connectivity index (χ0n) is 8.16. The van der Waals surface area contributed by atoms with Gasteiger partial charge in [0.05, 0.1) is 10.9 Å². The standard InChI is InChI=1S/C10H7BrClF3O/c1-5-2-6(9(16)4-11)7(3-8(5)12)10(13,14)15/h2-3H,4H2,1H3. The second-order valence-corrected chi connectivity index (χ2v) is 4.17. The maximum atomic E-state index is 12.6. The van der Waals surface area contributed by atoms with Gasteiger partial charge in [0.1, 0.15) is 0 Å². The number of hydrogen-bond acceptors (Lipinski definition) is 1. The summed E-state index contributed by atoms with van der Waals surface area (Å²) in [5, 5.41) is -0.157. The number of carbonyl (C=O) groups is 1. The quantitative estimate of drug-likeness (QED) is 0.589. The van der Waals surface area contributed by atoms with Gasteiger partial charge in [-0.15, -0.1) is 0 Å². The molecule has 0 fully saturated rings. The van der Waals surface area contributed by atoms with Crippen molar-refractivity contribution < 1.29 is 18.0 Å². The van der Waals surface area contributed by atoms with E-state index in [2.05, 4.69) is 15.9 Å². The Hall–Kier alpha value is -0.550. The Bertz CT molecular complexity index is 429. The van der Waals surface area contributed by atoms with Gasteiger partial charge in [-0.05, 0) is 24.6 Å². The highest BCUT2D eigenvalue weighted by Crippen LogP contribution is 2.35. The largest absolute Gasteiger partial charge is 0.417 e. The van der Waals surface area contributed by atoms with Crippen molar-refractivity contribution in [1.82, 2.24) is 0 Å². The highest BCUT2D eigenvalue weighted by molar-refractivity contribution is 9.09.